The Labute approximate surface area is 181 Å². The third-order valence-electron chi connectivity index (χ3n) is 4.53. The van der Waals surface area contributed by atoms with Gasteiger partial charge in [0.05, 0.1) is 31.0 Å². The molecule has 3 rings (SSSR count). The van der Waals surface area contributed by atoms with Gasteiger partial charge in [-0.15, -0.1) is 0 Å². The number of rotatable bonds is 8. The number of ether oxygens (including phenoxy) is 2. The van der Waals surface area contributed by atoms with Crippen LogP contribution in [0.1, 0.15) is 5.56 Å². The summed E-state index contributed by atoms with van der Waals surface area (Å²) in [5, 5.41) is 2.66. The molecule has 0 unspecified atom stereocenters. The number of nitrogens with one attached hydrogen (secondary N) is 1. The zero-order valence-corrected chi connectivity index (χ0v) is 18.2. The fourth-order valence-corrected chi connectivity index (χ4v) is 4.38. The van der Waals surface area contributed by atoms with Crippen LogP contribution in [0, 0.1) is 6.92 Å². The van der Waals surface area contributed by atoms with E-state index in [1.807, 2.05) is 6.92 Å². The zero-order valence-electron chi connectivity index (χ0n) is 17.4. The number of nitrogens with zero attached hydrogens (tertiary/aromatic N) is 2. The van der Waals surface area contributed by atoms with Gasteiger partial charge in [-0.3, -0.25) is 14.1 Å². The lowest BCUT2D eigenvalue weighted by atomic mass is 10.2. The van der Waals surface area contributed by atoms with Crippen molar-refractivity contribution in [3.05, 3.63) is 72.6 Å². The van der Waals surface area contributed by atoms with Gasteiger partial charge in [0.15, 0.2) is 0 Å². The second-order valence-electron chi connectivity index (χ2n) is 6.62. The van der Waals surface area contributed by atoms with E-state index in [9.17, 15) is 13.2 Å². The number of para-hydroxylation sites is 2. The number of hydrogen-bond acceptors (Lipinski definition) is 6. The Bertz CT molecular complexity index is 1160. The molecule has 0 fully saturated rings. The number of anilines is 2. The molecule has 0 saturated heterocycles. The molecule has 0 radical (unpaired) electrons. The van der Waals surface area contributed by atoms with Crippen molar-refractivity contribution >= 4 is 27.3 Å². The minimum atomic E-state index is -4.06. The molecule has 2 aromatic carbocycles. The van der Waals surface area contributed by atoms with Gasteiger partial charge in [-0.1, -0.05) is 29.8 Å². The molecule has 0 saturated carbocycles. The molecule has 8 nitrogen and oxygen atoms in total. The van der Waals surface area contributed by atoms with Crippen molar-refractivity contribution in [3.63, 3.8) is 0 Å². The molecule has 0 bridgehead atoms. The van der Waals surface area contributed by atoms with Crippen LogP contribution in [0.25, 0.3) is 0 Å². The number of benzene rings is 2. The van der Waals surface area contributed by atoms with Crippen LogP contribution in [-0.2, 0) is 14.8 Å². The second-order valence-corrected chi connectivity index (χ2v) is 8.48. The molecule has 0 spiro atoms. The average molecular weight is 442 g/mol. The summed E-state index contributed by atoms with van der Waals surface area (Å²) in [4.78, 5) is 16.9. The summed E-state index contributed by atoms with van der Waals surface area (Å²) in [6.45, 7) is 1.39. The highest BCUT2D eigenvalue weighted by atomic mass is 32.2. The minimum absolute atomic E-state index is 0.0655. The number of sulfonamides is 1. The summed E-state index contributed by atoms with van der Waals surface area (Å²) in [6.07, 6.45) is 2.95. The summed E-state index contributed by atoms with van der Waals surface area (Å²) in [6, 6.07) is 14.6. The number of carbonyl (C=O) groups excluding carboxylic acids is 1. The largest absolute Gasteiger partial charge is 0.495 e. The Hall–Kier alpha value is -3.59. The molecule has 1 amide bonds. The van der Waals surface area contributed by atoms with Gasteiger partial charge in [0.25, 0.3) is 10.0 Å². The summed E-state index contributed by atoms with van der Waals surface area (Å²) in [5.41, 5.74) is 1.51. The highest BCUT2D eigenvalue weighted by molar-refractivity contribution is 7.92. The van der Waals surface area contributed by atoms with E-state index in [0.717, 1.165) is 9.87 Å². The van der Waals surface area contributed by atoms with Crippen LogP contribution in [0.15, 0.2) is 71.9 Å². The van der Waals surface area contributed by atoms with Crippen molar-refractivity contribution in [1.82, 2.24) is 4.98 Å². The number of hydrogen-bond donors (Lipinski definition) is 1. The fraction of sp³-hybridized carbons (Fsp3) is 0.182. The molecule has 3 aromatic rings. The predicted octanol–water partition coefficient (Wildman–Crippen LogP) is 3.24. The Kier molecular flexibility index (Phi) is 6.76. The van der Waals surface area contributed by atoms with E-state index in [1.165, 1.54) is 38.7 Å². The molecule has 0 aliphatic carbocycles. The lowest BCUT2D eigenvalue weighted by Crippen LogP contribution is -2.38. The van der Waals surface area contributed by atoms with Crippen molar-refractivity contribution in [2.24, 2.45) is 0 Å². The summed E-state index contributed by atoms with van der Waals surface area (Å²) >= 11 is 0. The third kappa shape index (κ3) is 4.95. The first-order valence-corrected chi connectivity index (χ1v) is 10.8. The highest BCUT2D eigenvalue weighted by Crippen LogP contribution is 2.32. The Morgan fingerprint density at radius 1 is 1.00 bits per heavy atom. The van der Waals surface area contributed by atoms with E-state index in [0.29, 0.717) is 17.2 Å². The normalized spacial score (nSPS) is 10.9. The standard InChI is InChI=1S/C22H23N3O5S/c1-16-8-10-17(11-9-16)31(27,28)25(19-6-4-5-7-21(19)30-3)15-22(26)24-18-14-23-13-12-20(18)29-2/h4-14H,15H2,1-3H3,(H,24,26). The number of amides is 1. The van der Waals surface area contributed by atoms with Crippen LogP contribution in [-0.4, -0.2) is 40.1 Å². The van der Waals surface area contributed by atoms with E-state index in [2.05, 4.69) is 10.3 Å². The van der Waals surface area contributed by atoms with Crippen LogP contribution < -0.4 is 19.1 Å². The predicted molar refractivity (Wildman–Crippen MR) is 118 cm³/mol. The van der Waals surface area contributed by atoms with Crippen molar-refractivity contribution in [3.8, 4) is 11.5 Å². The van der Waals surface area contributed by atoms with Crippen LogP contribution in [0.4, 0.5) is 11.4 Å². The van der Waals surface area contributed by atoms with E-state index < -0.39 is 22.5 Å². The molecule has 1 aromatic heterocycles. The first-order chi connectivity index (χ1) is 14.9. The quantitative estimate of drug-likeness (QED) is 0.576. The van der Waals surface area contributed by atoms with Gasteiger partial charge >= 0.3 is 0 Å². The van der Waals surface area contributed by atoms with E-state index in [1.54, 1.807) is 42.5 Å². The molecule has 1 N–H and O–H groups in total. The smallest absolute Gasteiger partial charge is 0.264 e. The van der Waals surface area contributed by atoms with Crippen molar-refractivity contribution in [2.45, 2.75) is 11.8 Å². The molecule has 0 atom stereocenters. The lowest BCUT2D eigenvalue weighted by molar-refractivity contribution is -0.114. The molecule has 0 aliphatic rings. The second kappa shape index (κ2) is 9.48. The van der Waals surface area contributed by atoms with Gasteiger partial charge in [0.2, 0.25) is 5.91 Å². The van der Waals surface area contributed by atoms with Gasteiger partial charge < -0.3 is 14.8 Å². The molecule has 1 heterocycles. The Morgan fingerprint density at radius 3 is 2.35 bits per heavy atom. The topological polar surface area (TPSA) is 97.8 Å². The summed E-state index contributed by atoms with van der Waals surface area (Å²) < 4.78 is 38.5. The van der Waals surface area contributed by atoms with Crippen molar-refractivity contribution < 1.29 is 22.7 Å². The van der Waals surface area contributed by atoms with Gasteiger partial charge in [0, 0.05) is 12.3 Å². The molecular weight excluding hydrogens is 418 g/mol. The van der Waals surface area contributed by atoms with Crippen LogP contribution in [0.3, 0.4) is 0 Å². The number of pyridine rings is 1. The van der Waals surface area contributed by atoms with Gasteiger partial charge in [-0.2, -0.15) is 0 Å². The number of carbonyl (C=O) groups is 1. The molecule has 0 aliphatic heterocycles. The van der Waals surface area contributed by atoms with Crippen molar-refractivity contribution in [1.29, 1.82) is 0 Å². The molecule has 162 valence electrons. The number of aromatic nitrogens is 1. The lowest BCUT2D eigenvalue weighted by Gasteiger charge is -2.25. The van der Waals surface area contributed by atoms with Crippen LogP contribution in [0.2, 0.25) is 0 Å². The maximum Gasteiger partial charge on any atom is 0.264 e. The van der Waals surface area contributed by atoms with Gasteiger partial charge in [-0.05, 0) is 31.2 Å². The van der Waals surface area contributed by atoms with Crippen LogP contribution in [0.5, 0.6) is 11.5 Å². The first-order valence-electron chi connectivity index (χ1n) is 9.37. The van der Waals surface area contributed by atoms with Crippen molar-refractivity contribution in [2.75, 3.05) is 30.4 Å². The Morgan fingerprint density at radius 2 is 1.68 bits per heavy atom. The van der Waals surface area contributed by atoms with E-state index in [4.69, 9.17) is 9.47 Å². The zero-order chi connectivity index (χ0) is 22.4. The SMILES string of the molecule is COc1ccncc1NC(=O)CN(c1ccccc1OC)S(=O)(=O)c1ccc(C)cc1. The average Bonchev–Trinajstić information content (AvgIpc) is 2.78. The highest BCUT2D eigenvalue weighted by Gasteiger charge is 2.29. The number of aryl methyl sites for hydroxylation is 1. The third-order valence-corrected chi connectivity index (χ3v) is 6.30. The van der Waals surface area contributed by atoms with Gasteiger partial charge in [0.1, 0.15) is 23.7 Å². The molecular formula is C22H23N3O5S. The molecule has 9 heteroatoms. The molecule has 31 heavy (non-hydrogen) atoms. The maximum absolute atomic E-state index is 13.5. The Balaban J connectivity index is 2.00. The minimum Gasteiger partial charge on any atom is -0.495 e. The van der Waals surface area contributed by atoms with Crippen LogP contribution >= 0.6 is 0 Å². The number of methoxy groups -OCH3 is 2. The summed E-state index contributed by atoms with van der Waals surface area (Å²) in [7, 11) is -1.15. The maximum atomic E-state index is 13.5. The van der Waals surface area contributed by atoms with E-state index >= 15 is 0 Å². The van der Waals surface area contributed by atoms with Gasteiger partial charge in [-0.25, -0.2) is 8.42 Å². The van der Waals surface area contributed by atoms with E-state index in [-0.39, 0.29) is 10.6 Å². The monoisotopic (exact) mass is 441 g/mol. The fourth-order valence-electron chi connectivity index (χ4n) is 2.95. The first kappa shape index (κ1) is 22.1. The summed E-state index contributed by atoms with van der Waals surface area (Å²) in [5.74, 6) is 0.173.